The molecule has 1 fully saturated rings. The van der Waals surface area contributed by atoms with Crippen LogP contribution in [0.5, 0.6) is 5.75 Å². The molecule has 0 amide bonds. The van der Waals surface area contributed by atoms with Gasteiger partial charge in [0.2, 0.25) is 5.95 Å². The summed E-state index contributed by atoms with van der Waals surface area (Å²) in [6.45, 7) is 8.76. The Hall–Kier alpha value is -2.41. The van der Waals surface area contributed by atoms with E-state index in [2.05, 4.69) is 53.5 Å². The van der Waals surface area contributed by atoms with Crippen molar-refractivity contribution >= 4 is 5.95 Å². The third-order valence-electron chi connectivity index (χ3n) is 4.83. The third kappa shape index (κ3) is 5.07. The number of methoxy groups -OCH3 is 1. The first-order valence-corrected chi connectivity index (χ1v) is 9.30. The number of H-pyrrole nitrogens is 1. The average molecular weight is 371 g/mol. The predicted octanol–water partition coefficient (Wildman–Crippen LogP) is 2.49. The Kier molecular flexibility index (Phi) is 5.24. The van der Waals surface area contributed by atoms with E-state index in [0.29, 0.717) is 18.1 Å². The molecule has 1 aliphatic heterocycles. The lowest BCUT2D eigenvalue weighted by atomic mass is 9.80. The maximum absolute atomic E-state index is 12.4. The monoisotopic (exact) mass is 371 g/mol. The minimum Gasteiger partial charge on any atom is -0.497 e. The molecular formula is C20H29N5O2. The van der Waals surface area contributed by atoms with E-state index in [1.54, 1.807) is 7.11 Å². The van der Waals surface area contributed by atoms with Crippen LogP contribution >= 0.6 is 0 Å². The molecule has 1 aromatic heterocycles. The van der Waals surface area contributed by atoms with E-state index in [9.17, 15) is 4.79 Å². The van der Waals surface area contributed by atoms with Gasteiger partial charge in [-0.3, -0.25) is 9.78 Å². The molecule has 0 unspecified atom stereocenters. The maximum atomic E-state index is 12.4. The lowest BCUT2D eigenvalue weighted by molar-refractivity contribution is 0.170. The molecule has 1 saturated heterocycles. The highest BCUT2D eigenvalue weighted by Crippen LogP contribution is 2.29. The SMILES string of the molecule is COc1ccc(Cc2nnc(NC3CC(C)(C)NC(C)(C)C3)[nH]c2=O)cc1. The highest BCUT2D eigenvalue weighted by Gasteiger charge is 2.37. The lowest BCUT2D eigenvalue weighted by Crippen LogP contribution is -2.60. The lowest BCUT2D eigenvalue weighted by Gasteiger charge is -2.46. The van der Waals surface area contributed by atoms with Gasteiger partial charge in [-0.15, -0.1) is 10.2 Å². The van der Waals surface area contributed by atoms with Gasteiger partial charge >= 0.3 is 0 Å². The summed E-state index contributed by atoms with van der Waals surface area (Å²) in [6.07, 6.45) is 2.31. The van der Waals surface area contributed by atoms with Crippen molar-refractivity contribution < 1.29 is 4.74 Å². The summed E-state index contributed by atoms with van der Waals surface area (Å²) in [5.41, 5.74) is 1.20. The Labute approximate surface area is 159 Å². The Balaban J connectivity index is 1.70. The standard InChI is InChI=1S/C20H29N5O2/c1-19(2)11-14(12-20(3,4)25-19)21-18-22-17(26)16(23-24-18)10-13-6-8-15(27-5)9-7-13/h6-9,14,25H,10-12H2,1-5H3,(H2,21,22,24,26). The quantitative estimate of drug-likeness (QED) is 0.748. The number of nitrogens with one attached hydrogen (secondary N) is 3. The van der Waals surface area contributed by atoms with E-state index < -0.39 is 0 Å². The number of nitrogens with zero attached hydrogens (tertiary/aromatic N) is 2. The van der Waals surface area contributed by atoms with Crippen LogP contribution in [-0.4, -0.2) is 39.4 Å². The number of ether oxygens (including phenoxy) is 1. The van der Waals surface area contributed by atoms with Crippen molar-refractivity contribution in [3.63, 3.8) is 0 Å². The first-order chi connectivity index (χ1) is 12.7. The highest BCUT2D eigenvalue weighted by atomic mass is 16.5. The number of aromatic amines is 1. The van der Waals surface area contributed by atoms with E-state index >= 15 is 0 Å². The maximum Gasteiger partial charge on any atom is 0.274 e. The van der Waals surface area contributed by atoms with E-state index in [-0.39, 0.29) is 22.7 Å². The van der Waals surface area contributed by atoms with Crippen molar-refractivity contribution in [1.82, 2.24) is 20.5 Å². The normalized spacial score (nSPS) is 18.9. The number of anilines is 1. The summed E-state index contributed by atoms with van der Waals surface area (Å²) in [6, 6.07) is 7.80. The molecule has 0 saturated carbocycles. The second kappa shape index (κ2) is 7.31. The molecule has 1 aliphatic rings. The molecule has 0 spiro atoms. The molecule has 0 bridgehead atoms. The molecular weight excluding hydrogens is 342 g/mol. The van der Waals surface area contributed by atoms with Crippen molar-refractivity contribution in [3.8, 4) is 5.75 Å². The summed E-state index contributed by atoms with van der Waals surface area (Å²) < 4.78 is 5.15. The summed E-state index contributed by atoms with van der Waals surface area (Å²) in [5.74, 6) is 1.21. The van der Waals surface area contributed by atoms with Gasteiger partial charge in [-0.1, -0.05) is 12.1 Å². The van der Waals surface area contributed by atoms with Crippen LogP contribution in [-0.2, 0) is 6.42 Å². The molecule has 2 heterocycles. The first-order valence-electron chi connectivity index (χ1n) is 9.30. The topological polar surface area (TPSA) is 91.9 Å². The summed E-state index contributed by atoms with van der Waals surface area (Å²) in [4.78, 5) is 15.3. The largest absolute Gasteiger partial charge is 0.497 e. The highest BCUT2D eigenvalue weighted by molar-refractivity contribution is 5.30. The molecule has 0 radical (unpaired) electrons. The van der Waals surface area contributed by atoms with Crippen molar-refractivity contribution in [2.24, 2.45) is 0 Å². The van der Waals surface area contributed by atoms with Crippen LogP contribution in [0.15, 0.2) is 29.1 Å². The smallest absolute Gasteiger partial charge is 0.274 e. The minimum atomic E-state index is -0.212. The van der Waals surface area contributed by atoms with Gasteiger partial charge in [-0.2, -0.15) is 0 Å². The molecule has 3 N–H and O–H groups in total. The zero-order valence-corrected chi connectivity index (χ0v) is 16.7. The number of hydrogen-bond donors (Lipinski definition) is 3. The minimum absolute atomic E-state index is 0.0153. The van der Waals surface area contributed by atoms with Gasteiger partial charge in [0, 0.05) is 23.5 Å². The van der Waals surface area contributed by atoms with Crippen LogP contribution in [0.3, 0.4) is 0 Å². The molecule has 146 valence electrons. The van der Waals surface area contributed by atoms with E-state index in [4.69, 9.17) is 4.74 Å². The third-order valence-corrected chi connectivity index (χ3v) is 4.83. The fourth-order valence-electron chi connectivity index (χ4n) is 4.10. The van der Waals surface area contributed by atoms with Crippen molar-refractivity contribution in [3.05, 3.63) is 45.9 Å². The van der Waals surface area contributed by atoms with Gasteiger partial charge in [0.15, 0.2) is 0 Å². The number of aromatic nitrogens is 3. The molecule has 0 aliphatic carbocycles. The Bertz CT molecular complexity index is 826. The molecule has 7 nitrogen and oxygen atoms in total. The second-order valence-electron chi connectivity index (χ2n) is 8.62. The van der Waals surface area contributed by atoms with Gasteiger partial charge in [-0.05, 0) is 58.2 Å². The van der Waals surface area contributed by atoms with Crippen molar-refractivity contribution in [1.29, 1.82) is 0 Å². The van der Waals surface area contributed by atoms with Crippen LogP contribution < -0.4 is 20.9 Å². The number of hydrogen-bond acceptors (Lipinski definition) is 6. The first kappa shape index (κ1) is 19.4. The number of piperidine rings is 1. The Morgan fingerprint density at radius 3 is 2.30 bits per heavy atom. The van der Waals surface area contributed by atoms with Crippen LogP contribution in [0.25, 0.3) is 0 Å². The molecule has 2 aromatic rings. The van der Waals surface area contributed by atoms with E-state index in [1.807, 2.05) is 24.3 Å². The molecule has 0 atom stereocenters. The average Bonchev–Trinajstić information content (AvgIpc) is 2.55. The molecule has 3 rings (SSSR count). The fraction of sp³-hybridized carbons (Fsp3) is 0.550. The molecule has 7 heteroatoms. The zero-order chi connectivity index (χ0) is 19.7. The summed E-state index contributed by atoms with van der Waals surface area (Å²) >= 11 is 0. The van der Waals surface area contributed by atoms with Gasteiger partial charge < -0.3 is 15.4 Å². The summed E-state index contributed by atoms with van der Waals surface area (Å²) in [5, 5.41) is 15.3. The second-order valence-corrected chi connectivity index (χ2v) is 8.62. The number of rotatable bonds is 5. The fourth-order valence-corrected chi connectivity index (χ4v) is 4.10. The van der Waals surface area contributed by atoms with Crippen LogP contribution in [0.2, 0.25) is 0 Å². The zero-order valence-electron chi connectivity index (χ0n) is 16.7. The Morgan fingerprint density at radius 2 is 1.74 bits per heavy atom. The van der Waals surface area contributed by atoms with E-state index in [0.717, 1.165) is 24.2 Å². The molecule has 27 heavy (non-hydrogen) atoms. The van der Waals surface area contributed by atoms with Crippen LogP contribution in [0, 0.1) is 0 Å². The molecule has 1 aromatic carbocycles. The van der Waals surface area contributed by atoms with Crippen molar-refractivity contribution in [2.75, 3.05) is 12.4 Å². The Morgan fingerprint density at radius 1 is 1.11 bits per heavy atom. The van der Waals surface area contributed by atoms with Gasteiger partial charge in [0.1, 0.15) is 11.4 Å². The summed E-state index contributed by atoms with van der Waals surface area (Å²) in [7, 11) is 1.63. The van der Waals surface area contributed by atoms with Gasteiger partial charge in [0.05, 0.1) is 7.11 Å². The van der Waals surface area contributed by atoms with Gasteiger partial charge in [-0.25, -0.2) is 0 Å². The van der Waals surface area contributed by atoms with E-state index in [1.165, 1.54) is 0 Å². The number of benzene rings is 1. The van der Waals surface area contributed by atoms with Gasteiger partial charge in [0.25, 0.3) is 5.56 Å². The van der Waals surface area contributed by atoms with Crippen LogP contribution in [0.1, 0.15) is 51.8 Å². The van der Waals surface area contributed by atoms with Crippen molar-refractivity contribution in [2.45, 2.75) is 64.1 Å². The van der Waals surface area contributed by atoms with Crippen LogP contribution in [0.4, 0.5) is 5.95 Å². The predicted molar refractivity (Wildman–Crippen MR) is 106 cm³/mol.